The van der Waals surface area contributed by atoms with Crippen molar-refractivity contribution in [2.75, 3.05) is 19.7 Å². The lowest BCUT2D eigenvalue weighted by atomic mass is 10.2. The Labute approximate surface area is 76.7 Å². The Bertz CT molecular complexity index is 174. The van der Waals surface area contributed by atoms with E-state index < -0.39 is 12.1 Å². The normalized spacial score (nSPS) is 27.8. The van der Waals surface area contributed by atoms with E-state index in [-0.39, 0.29) is 12.7 Å². The Morgan fingerprint density at radius 3 is 2.85 bits per heavy atom. The lowest BCUT2D eigenvalue weighted by Crippen LogP contribution is -2.30. The number of rotatable bonds is 5. The van der Waals surface area contributed by atoms with Crippen LogP contribution in [0, 0.1) is 0 Å². The number of hydrogen-bond donors (Lipinski definition) is 3. The minimum atomic E-state index is -0.885. The largest absolute Gasteiger partial charge is 0.479 e. The Balaban J connectivity index is 2.14. The summed E-state index contributed by atoms with van der Waals surface area (Å²) in [7, 11) is 0. The zero-order valence-corrected chi connectivity index (χ0v) is 7.40. The van der Waals surface area contributed by atoms with Gasteiger partial charge in [0.05, 0.1) is 12.7 Å². The average molecular weight is 189 g/mol. The molecule has 1 fully saturated rings. The smallest absolute Gasteiger partial charge is 0.332 e. The molecule has 1 aliphatic rings. The summed E-state index contributed by atoms with van der Waals surface area (Å²) >= 11 is 0. The van der Waals surface area contributed by atoms with Gasteiger partial charge in [-0.3, -0.25) is 0 Å². The fourth-order valence-corrected chi connectivity index (χ4v) is 1.38. The predicted octanol–water partition coefficient (Wildman–Crippen LogP) is -0.800. The first-order valence-corrected chi connectivity index (χ1v) is 4.44. The standard InChI is InChI=1S/C8H15NO4/c10-4-3-9-5-6-1-2-7(13-6)8(11)12/h6-7,9-10H,1-5H2,(H,11,12). The summed E-state index contributed by atoms with van der Waals surface area (Å²) < 4.78 is 5.23. The summed E-state index contributed by atoms with van der Waals surface area (Å²) in [6.45, 7) is 1.23. The molecule has 13 heavy (non-hydrogen) atoms. The minimum Gasteiger partial charge on any atom is -0.479 e. The molecule has 3 N–H and O–H groups in total. The van der Waals surface area contributed by atoms with Crippen molar-refractivity contribution in [1.82, 2.24) is 5.32 Å². The van der Waals surface area contributed by atoms with Crippen molar-refractivity contribution >= 4 is 5.97 Å². The third-order valence-electron chi connectivity index (χ3n) is 2.04. The zero-order valence-electron chi connectivity index (χ0n) is 7.40. The number of hydrogen-bond acceptors (Lipinski definition) is 4. The third-order valence-corrected chi connectivity index (χ3v) is 2.04. The maximum absolute atomic E-state index is 10.5. The lowest BCUT2D eigenvalue weighted by molar-refractivity contribution is -0.149. The number of carboxylic acid groups (broad SMARTS) is 1. The highest BCUT2D eigenvalue weighted by molar-refractivity contribution is 5.72. The van der Waals surface area contributed by atoms with Gasteiger partial charge in [0.1, 0.15) is 0 Å². The highest BCUT2D eigenvalue weighted by atomic mass is 16.5. The Morgan fingerprint density at radius 2 is 2.31 bits per heavy atom. The van der Waals surface area contributed by atoms with Crippen molar-refractivity contribution in [3.05, 3.63) is 0 Å². The molecular formula is C8H15NO4. The van der Waals surface area contributed by atoms with E-state index in [1.165, 1.54) is 0 Å². The van der Waals surface area contributed by atoms with E-state index in [1.54, 1.807) is 0 Å². The lowest BCUT2D eigenvalue weighted by Gasteiger charge is -2.11. The average Bonchev–Trinajstić information content (AvgIpc) is 2.53. The van der Waals surface area contributed by atoms with E-state index in [0.29, 0.717) is 19.5 Å². The predicted molar refractivity (Wildman–Crippen MR) is 45.5 cm³/mol. The van der Waals surface area contributed by atoms with Crippen molar-refractivity contribution in [3.63, 3.8) is 0 Å². The molecule has 0 spiro atoms. The minimum absolute atomic E-state index is 0.0207. The molecule has 0 aromatic rings. The van der Waals surface area contributed by atoms with Gasteiger partial charge in [-0.05, 0) is 12.8 Å². The number of ether oxygens (including phenoxy) is 1. The van der Waals surface area contributed by atoms with Crippen LogP contribution in [0.5, 0.6) is 0 Å². The molecule has 0 amide bonds. The molecule has 1 heterocycles. The summed E-state index contributed by atoms with van der Waals surface area (Å²) in [5, 5.41) is 20.1. The highest BCUT2D eigenvalue weighted by Crippen LogP contribution is 2.18. The number of aliphatic hydroxyl groups excluding tert-OH is 1. The molecule has 0 saturated carbocycles. The van der Waals surface area contributed by atoms with Crippen molar-refractivity contribution in [2.45, 2.75) is 25.0 Å². The maximum Gasteiger partial charge on any atom is 0.332 e. The van der Waals surface area contributed by atoms with Gasteiger partial charge in [0, 0.05) is 13.1 Å². The van der Waals surface area contributed by atoms with Crippen LogP contribution in [0.3, 0.4) is 0 Å². The molecule has 5 nitrogen and oxygen atoms in total. The molecule has 2 unspecified atom stereocenters. The monoisotopic (exact) mass is 189 g/mol. The second-order valence-electron chi connectivity index (χ2n) is 3.09. The van der Waals surface area contributed by atoms with Gasteiger partial charge in [0.25, 0.3) is 0 Å². The number of carbonyl (C=O) groups is 1. The molecule has 0 aromatic heterocycles. The number of nitrogens with one attached hydrogen (secondary N) is 1. The molecule has 1 saturated heterocycles. The molecule has 0 aromatic carbocycles. The third kappa shape index (κ3) is 3.30. The van der Waals surface area contributed by atoms with E-state index in [1.807, 2.05) is 0 Å². The van der Waals surface area contributed by atoms with Crippen LogP contribution in [0.2, 0.25) is 0 Å². The molecule has 5 heteroatoms. The molecule has 1 rings (SSSR count). The summed E-state index contributed by atoms with van der Waals surface area (Å²) in [4.78, 5) is 10.5. The topological polar surface area (TPSA) is 78.8 Å². The van der Waals surface area contributed by atoms with Crippen LogP contribution in [-0.2, 0) is 9.53 Å². The van der Waals surface area contributed by atoms with Crippen LogP contribution in [0.1, 0.15) is 12.8 Å². The molecule has 0 bridgehead atoms. The van der Waals surface area contributed by atoms with Crippen molar-refractivity contribution in [2.24, 2.45) is 0 Å². The van der Waals surface area contributed by atoms with Crippen LogP contribution < -0.4 is 5.32 Å². The van der Waals surface area contributed by atoms with E-state index in [2.05, 4.69) is 5.32 Å². The van der Waals surface area contributed by atoms with Crippen molar-refractivity contribution < 1.29 is 19.7 Å². The molecule has 76 valence electrons. The van der Waals surface area contributed by atoms with E-state index in [4.69, 9.17) is 14.9 Å². The Morgan fingerprint density at radius 1 is 1.54 bits per heavy atom. The first kappa shape index (κ1) is 10.4. The Hall–Kier alpha value is -0.650. The molecule has 0 radical (unpaired) electrons. The van der Waals surface area contributed by atoms with Crippen LogP contribution in [0.15, 0.2) is 0 Å². The molecule has 0 aliphatic carbocycles. The van der Waals surface area contributed by atoms with Gasteiger partial charge in [0.15, 0.2) is 6.10 Å². The number of aliphatic hydroxyl groups is 1. The summed E-state index contributed by atoms with van der Waals surface area (Å²) in [5.74, 6) is -0.885. The first-order valence-electron chi connectivity index (χ1n) is 4.44. The van der Waals surface area contributed by atoms with Crippen LogP contribution in [0.25, 0.3) is 0 Å². The second-order valence-corrected chi connectivity index (χ2v) is 3.09. The van der Waals surface area contributed by atoms with Gasteiger partial charge in [-0.2, -0.15) is 0 Å². The molecule has 1 aliphatic heterocycles. The number of carboxylic acids is 1. The molecular weight excluding hydrogens is 174 g/mol. The second kappa shape index (κ2) is 5.16. The van der Waals surface area contributed by atoms with Gasteiger partial charge in [-0.15, -0.1) is 0 Å². The quantitative estimate of drug-likeness (QED) is 0.493. The zero-order chi connectivity index (χ0) is 9.68. The SMILES string of the molecule is O=C(O)C1CCC(CNCCO)O1. The van der Waals surface area contributed by atoms with Crippen LogP contribution in [-0.4, -0.2) is 48.1 Å². The van der Waals surface area contributed by atoms with E-state index in [9.17, 15) is 4.79 Å². The van der Waals surface area contributed by atoms with Gasteiger partial charge in [-0.1, -0.05) is 0 Å². The fraction of sp³-hybridized carbons (Fsp3) is 0.875. The summed E-state index contributed by atoms with van der Waals surface area (Å²) in [6.07, 6.45) is 0.699. The van der Waals surface area contributed by atoms with Gasteiger partial charge < -0.3 is 20.3 Å². The van der Waals surface area contributed by atoms with Crippen LogP contribution in [0.4, 0.5) is 0 Å². The highest BCUT2D eigenvalue weighted by Gasteiger charge is 2.29. The molecule has 2 atom stereocenters. The summed E-state index contributed by atoms with van der Waals surface area (Å²) in [6, 6.07) is 0. The van der Waals surface area contributed by atoms with Crippen molar-refractivity contribution in [1.29, 1.82) is 0 Å². The van der Waals surface area contributed by atoms with Gasteiger partial charge in [-0.25, -0.2) is 4.79 Å². The van der Waals surface area contributed by atoms with Gasteiger partial charge >= 0.3 is 5.97 Å². The maximum atomic E-state index is 10.5. The van der Waals surface area contributed by atoms with E-state index >= 15 is 0 Å². The Kier molecular flexibility index (Phi) is 4.14. The van der Waals surface area contributed by atoms with E-state index in [0.717, 1.165) is 6.42 Å². The fourth-order valence-electron chi connectivity index (χ4n) is 1.38. The summed E-state index contributed by atoms with van der Waals surface area (Å²) in [5.41, 5.74) is 0. The van der Waals surface area contributed by atoms with Crippen molar-refractivity contribution in [3.8, 4) is 0 Å². The van der Waals surface area contributed by atoms with Gasteiger partial charge in [0.2, 0.25) is 0 Å². The first-order chi connectivity index (χ1) is 6.24. The number of aliphatic carboxylic acids is 1. The van der Waals surface area contributed by atoms with Crippen LogP contribution >= 0.6 is 0 Å².